The van der Waals surface area contributed by atoms with Crippen LogP contribution < -0.4 is 10.6 Å². The summed E-state index contributed by atoms with van der Waals surface area (Å²) in [6.07, 6.45) is 0. The highest BCUT2D eigenvalue weighted by atomic mass is 32.1. The molecule has 0 fully saturated rings. The van der Waals surface area contributed by atoms with Crippen molar-refractivity contribution in [1.82, 2.24) is 10.3 Å². The predicted octanol–water partition coefficient (Wildman–Crippen LogP) is 5.06. The summed E-state index contributed by atoms with van der Waals surface area (Å²) in [6.45, 7) is 6.48. The Kier molecular flexibility index (Phi) is 5.14. The van der Waals surface area contributed by atoms with Gasteiger partial charge >= 0.3 is 6.03 Å². The molecule has 3 aromatic rings. The number of nitrogens with zero attached hydrogens (tertiary/aromatic N) is 1. The van der Waals surface area contributed by atoms with E-state index in [2.05, 4.69) is 15.6 Å². The summed E-state index contributed by atoms with van der Waals surface area (Å²) in [4.78, 5) is 17.9. The minimum absolute atomic E-state index is 0.206. The van der Waals surface area contributed by atoms with Gasteiger partial charge in [0.15, 0.2) is 0 Å². The number of urea groups is 1. The number of hydrogen-bond acceptors (Lipinski definition) is 3. The number of aromatic nitrogens is 1. The van der Waals surface area contributed by atoms with Gasteiger partial charge in [-0.2, -0.15) is 0 Å². The second-order valence-corrected chi connectivity index (χ2v) is 7.03. The molecule has 0 aliphatic carbocycles. The highest BCUT2D eigenvalue weighted by Crippen LogP contribution is 2.27. The fourth-order valence-electron chi connectivity index (χ4n) is 2.51. The fraction of sp³-hybridized carbons (Fsp3) is 0.200. The van der Waals surface area contributed by atoms with Gasteiger partial charge in [0.1, 0.15) is 5.01 Å². The quantitative estimate of drug-likeness (QED) is 0.690. The first-order valence-electron chi connectivity index (χ1n) is 8.17. The van der Waals surface area contributed by atoms with Crippen LogP contribution in [0, 0.1) is 20.8 Å². The van der Waals surface area contributed by atoms with E-state index in [1.807, 2.05) is 69.3 Å². The Morgan fingerprint density at radius 2 is 1.80 bits per heavy atom. The number of carbonyl (C=O) groups excluding carboxylic acids is 1. The molecule has 0 saturated carbocycles. The van der Waals surface area contributed by atoms with Crippen molar-refractivity contribution in [3.63, 3.8) is 0 Å². The lowest BCUT2D eigenvalue weighted by molar-refractivity contribution is 0.252. The van der Waals surface area contributed by atoms with E-state index in [0.29, 0.717) is 6.54 Å². The Labute approximate surface area is 151 Å². The van der Waals surface area contributed by atoms with Crippen molar-refractivity contribution < 1.29 is 4.79 Å². The molecule has 25 heavy (non-hydrogen) atoms. The zero-order valence-electron chi connectivity index (χ0n) is 14.6. The lowest BCUT2D eigenvalue weighted by atomic mass is 10.1. The molecule has 0 unspecified atom stereocenters. The van der Waals surface area contributed by atoms with Crippen molar-refractivity contribution in [2.45, 2.75) is 27.3 Å². The number of thiazole rings is 1. The first kappa shape index (κ1) is 17.2. The van der Waals surface area contributed by atoms with Crippen LogP contribution in [0.25, 0.3) is 10.6 Å². The van der Waals surface area contributed by atoms with E-state index in [4.69, 9.17) is 0 Å². The zero-order chi connectivity index (χ0) is 17.8. The summed E-state index contributed by atoms with van der Waals surface area (Å²) in [5.74, 6) is 0. The number of benzene rings is 2. The predicted molar refractivity (Wildman–Crippen MR) is 104 cm³/mol. The number of carbonyl (C=O) groups is 1. The number of hydrogen-bond donors (Lipinski definition) is 2. The molecular weight excluding hydrogens is 330 g/mol. The molecule has 0 aliphatic rings. The van der Waals surface area contributed by atoms with Crippen molar-refractivity contribution in [2.24, 2.45) is 0 Å². The lowest BCUT2D eigenvalue weighted by Gasteiger charge is -2.11. The standard InChI is InChI=1S/C20H21N3OS/c1-13-8-7-11-17(14(13)2)23-20(24)21-12-18-15(3)22-19(25-18)16-9-5-4-6-10-16/h4-11H,12H2,1-3H3,(H2,21,23,24). The van der Waals surface area contributed by atoms with E-state index < -0.39 is 0 Å². The first-order valence-corrected chi connectivity index (χ1v) is 8.99. The maximum absolute atomic E-state index is 12.2. The third kappa shape index (κ3) is 4.06. The molecule has 0 bridgehead atoms. The van der Waals surface area contributed by atoms with E-state index >= 15 is 0 Å². The molecule has 0 aliphatic heterocycles. The van der Waals surface area contributed by atoms with E-state index in [1.165, 1.54) is 0 Å². The van der Waals surface area contributed by atoms with Gasteiger partial charge < -0.3 is 10.6 Å². The average Bonchev–Trinajstić information content (AvgIpc) is 2.99. The molecule has 2 amide bonds. The summed E-state index contributed by atoms with van der Waals surface area (Å²) >= 11 is 1.61. The Morgan fingerprint density at radius 3 is 2.56 bits per heavy atom. The number of anilines is 1. The molecule has 2 aromatic carbocycles. The van der Waals surface area contributed by atoms with Gasteiger partial charge in [0.25, 0.3) is 0 Å². The van der Waals surface area contributed by atoms with Gasteiger partial charge in [0.2, 0.25) is 0 Å². The van der Waals surface area contributed by atoms with Crippen LogP contribution in [0.2, 0.25) is 0 Å². The Bertz CT molecular complexity index is 887. The number of rotatable bonds is 4. The largest absolute Gasteiger partial charge is 0.333 e. The van der Waals surface area contributed by atoms with Gasteiger partial charge in [-0.3, -0.25) is 0 Å². The van der Waals surface area contributed by atoms with Gasteiger partial charge in [0.05, 0.1) is 12.2 Å². The number of nitrogens with one attached hydrogen (secondary N) is 2. The molecule has 1 aromatic heterocycles. The van der Waals surface area contributed by atoms with Crippen molar-refractivity contribution in [1.29, 1.82) is 0 Å². The summed E-state index contributed by atoms with van der Waals surface area (Å²) < 4.78 is 0. The number of amides is 2. The third-order valence-electron chi connectivity index (χ3n) is 4.18. The molecule has 0 atom stereocenters. The first-order chi connectivity index (χ1) is 12.0. The van der Waals surface area contributed by atoms with Gasteiger partial charge in [-0.1, -0.05) is 42.5 Å². The molecule has 3 rings (SSSR count). The van der Waals surface area contributed by atoms with Crippen LogP contribution in [-0.2, 0) is 6.54 Å². The second kappa shape index (κ2) is 7.49. The Balaban J connectivity index is 1.65. The van der Waals surface area contributed by atoms with Gasteiger partial charge in [-0.25, -0.2) is 9.78 Å². The monoisotopic (exact) mass is 351 g/mol. The SMILES string of the molecule is Cc1cccc(NC(=O)NCc2sc(-c3ccccc3)nc2C)c1C. The summed E-state index contributed by atoms with van der Waals surface area (Å²) in [5, 5.41) is 6.81. The summed E-state index contributed by atoms with van der Waals surface area (Å²) in [5.41, 5.74) is 5.13. The van der Waals surface area contributed by atoms with Crippen LogP contribution in [0.3, 0.4) is 0 Å². The second-order valence-electron chi connectivity index (χ2n) is 5.95. The zero-order valence-corrected chi connectivity index (χ0v) is 15.4. The fourth-order valence-corrected chi connectivity index (χ4v) is 3.52. The van der Waals surface area contributed by atoms with E-state index in [9.17, 15) is 4.79 Å². The third-order valence-corrected chi connectivity index (χ3v) is 5.38. The molecule has 4 nitrogen and oxygen atoms in total. The molecule has 0 saturated heterocycles. The van der Waals surface area contributed by atoms with E-state index in [-0.39, 0.29) is 6.03 Å². The van der Waals surface area contributed by atoms with Crippen LogP contribution in [-0.4, -0.2) is 11.0 Å². The van der Waals surface area contributed by atoms with Crippen LogP contribution in [0.15, 0.2) is 48.5 Å². The van der Waals surface area contributed by atoms with Crippen LogP contribution in [0.1, 0.15) is 21.7 Å². The maximum Gasteiger partial charge on any atom is 0.319 e. The van der Waals surface area contributed by atoms with Crippen LogP contribution in [0.4, 0.5) is 10.5 Å². The van der Waals surface area contributed by atoms with Crippen LogP contribution >= 0.6 is 11.3 Å². The molecule has 0 radical (unpaired) electrons. The van der Waals surface area contributed by atoms with Crippen molar-refractivity contribution in [3.05, 3.63) is 70.2 Å². The van der Waals surface area contributed by atoms with Crippen molar-refractivity contribution in [2.75, 3.05) is 5.32 Å². The van der Waals surface area contributed by atoms with Crippen molar-refractivity contribution >= 4 is 23.1 Å². The minimum atomic E-state index is -0.206. The Morgan fingerprint density at radius 1 is 1.04 bits per heavy atom. The normalized spacial score (nSPS) is 10.5. The molecule has 1 heterocycles. The minimum Gasteiger partial charge on any atom is -0.333 e. The van der Waals surface area contributed by atoms with Gasteiger partial charge in [-0.15, -0.1) is 11.3 Å². The molecule has 5 heteroatoms. The highest BCUT2D eigenvalue weighted by molar-refractivity contribution is 7.15. The average molecular weight is 351 g/mol. The molecule has 2 N–H and O–H groups in total. The lowest BCUT2D eigenvalue weighted by Crippen LogP contribution is -2.28. The maximum atomic E-state index is 12.2. The van der Waals surface area contributed by atoms with E-state index in [0.717, 1.165) is 38.0 Å². The smallest absolute Gasteiger partial charge is 0.319 e. The topological polar surface area (TPSA) is 54.0 Å². The van der Waals surface area contributed by atoms with Crippen LogP contribution in [0.5, 0.6) is 0 Å². The number of aryl methyl sites for hydroxylation is 2. The highest BCUT2D eigenvalue weighted by Gasteiger charge is 2.11. The van der Waals surface area contributed by atoms with E-state index in [1.54, 1.807) is 11.3 Å². The molecular formula is C20H21N3OS. The molecule has 0 spiro atoms. The Hall–Kier alpha value is -2.66. The van der Waals surface area contributed by atoms with Crippen molar-refractivity contribution in [3.8, 4) is 10.6 Å². The van der Waals surface area contributed by atoms with Gasteiger partial charge in [0, 0.05) is 16.1 Å². The summed E-state index contributed by atoms with van der Waals surface area (Å²) in [6, 6.07) is 15.8. The molecule has 128 valence electrons. The van der Waals surface area contributed by atoms with Gasteiger partial charge in [-0.05, 0) is 38.0 Å². The summed E-state index contributed by atoms with van der Waals surface area (Å²) in [7, 11) is 0.